The van der Waals surface area contributed by atoms with Crippen molar-refractivity contribution in [2.75, 3.05) is 23.3 Å². The van der Waals surface area contributed by atoms with Crippen LogP contribution in [0.1, 0.15) is 65.5 Å². The van der Waals surface area contributed by atoms with Crippen LogP contribution in [-0.2, 0) is 9.47 Å². The number of benzene rings is 1. The summed E-state index contributed by atoms with van der Waals surface area (Å²) in [5.41, 5.74) is 3.96. The number of nitrogens with zero attached hydrogens (tertiary/aromatic N) is 6. The van der Waals surface area contributed by atoms with Crippen LogP contribution in [-0.4, -0.2) is 62.0 Å². The number of anilines is 3. The van der Waals surface area contributed by atoms with Crippen LogP contribution in [0, 0.1) is 18.3 Å². The van der Waals surface area contributed by atoms with Crippen LogP contribution in [0.4, 0.5) is 26.8 Å². The average molecular weight is 604 g/mol. The Balaban J connectivity index is 1.61. The summed E-state index contributed by atoms with van der Waals surface area (Å²) in [5.74, 6) is 0.444. The van der Waals surface area contributed by atoms with Crippen LogP contribution in [0.5, 0.6) is 0 Å². The molecule has 11 nitrogen and oxygen atoms in total. The van der Waals surface area contributed by atoms with Crippen molar-refractivity contribution in [1.29, 1.82) is 5.26 Å². The Morgan fingerprint density at radius 2 is 1.88 bits per heavy atom. The zero-order valence-electron chi connectivity index (χ0n) is 25.6. The second-order valence-corrected chi connectivity index (χ2v) is 13.6. The molecule has 12 heteroatoms. The number of nitriles is 1. The topological polar surface area (TPSA) is 125 Å². The fraction of sp³-hybridized carbons (Fsp3) is 0.452. The number of piperidine rings is 1. The Hall–Kier alpha value is -4.37. The Kier molecular flexibility index (Phi) is 7.96. The molecular weight excluding hydrogens is 566 g/mol. The largest absolute Gasteiger partial charge is 0.444 e. The summed E-state index contributed by atoms with van der Waals surface area (Å²) < 4.78 is 14.0. The van der Waals surface area contributed by atoms with E-state index in [4.69, 9.17) is 9.47 Å². The predicted molar refractivity (Wildman–Crippen MR) is 167 cm³/mol. The highest BCUT2D eigenvalue weighted by Crippen LogP contribution is 2.39. The average Bonchev–Trinajstić information content (AvgIpc) is 3.59. The molecule has 1 saturated heterocycles. The van der Waals surface area contributed by atoms with Crippen molar-refractivity contribution in [1.82, 2.24) is 19.5 Å². The minimum absolute atomic E-state index is 0.145. The first-order valence-corrected chi connectivity index (χ1v) is 15.1. The molecule has 43 heavy (non-hydrogen) atoms. The smallest absolute Gasteiger partial charge is 0.420 e. The van der Waals surface area contributed by atoms with Gasteiger partial charge in [-0.25, -0.2) is 24.0 Å². The van der Waals surface area contributed by atoms with Gasteiger partial charge in [0.05, 0.1) is 38.8 Å². The van der Waals surface area contributed by atoms with Crippen LogP contribution in [0.2, 0.25) is 0 Å². The highest BCUT2D eigenvalue weighted by molar-refractivity contribution is 7.16. The van der Waals surface area contributed by atoms with Gasteiger partial charge in [0.2, 0.25) is 0 Å². The minimum Gasteiger partial charge on any atom is -0.444 e. The maximum Gasteiger partial charge on any atom is 0.420 e. The molecule has 4 aromatic rings. The van der Waals surface area contributed by atoms with E-state index in [9.17, 15) is 14.9 Å². The van der Waals surface area contributed by atoms with Gasteiger partial charge in [-0.1, -0.05) is 0 Å². The van der Waals surface area contributed by atoms with E-state index in [1.807, 2.05) is 66.7 Å². The van der Waals surface area contributed by atoms with Crippen LogP contribution in [0.25, 0.3) is 15.7 Å². The number of likely N-dealkylation sites (tertiary alicyclic amines) is 1. The minimum atomic E-state index is -0.762. The van der Waals surface area contributed by atoms with Crippen LogP contribution in [0.15, 0.2) is 36.0 Å². The number of thiazole rings is 1. The SMILES string of the molecule is Cc1c(N[C@H]2CCCN(C(=O)OC(C)(C)C)C2)c(C#N)c2ccnn2c1N(C(=O)OC(C)(C)C)c1ccc2ncsc2c1. The number of ether oxygens (including phenoxy) is 2. The van der Waals surface area contributed by atoms with E-state index < -0.39 is 17.3 Å². The first-order valence-electron chi connectivity index (χ1n) is 14.3. The number of aromatic nitrogens is 3. The van der Waals surface area contributed by atoms with Crippen molar-refractivity contribution in [3.8, 4) is 6.07 Å². The van der Waals surface area contributed by atoms with Gasteiger partial charge >= 0.3 is 12.2 Å². The van der Waals surface area contributed by atoms with E-state index >= 15 is 0 Å². The fourth-order valence-corrected chi connectivity index (χ4v) is 5.91. The molecule has 226 valence electrons. The lowest BCUT2D eigenvalue weighted by atomic mass is 10.0. The molecule has 0 spiro atoms. The molecule has 4 heterocycles. The van der Waals surface area contributed by atoms with Crippen molar-refractivity contribution < 1.29 is 19.1 Å². The van der Waals surface area contributed by atoms with Crippen molar-refractivity contribution in [2.24, 2.45) is 0 Å². The summed E-state index contributed by atoms with van der Waals surface area (Å²) in [4.78, 5) is 34.4. The number of hydrogen-bond acceptors (Lipinski definition) is 9. The summed E-state index contributed by atoms with van der Waals surface area (Å²) in [6.45, 7) is 13.9. The number of nitrogens with one attached hydrogen (secondary N) is 1. The Morgan fingerprint density at radius 1 is 1.14 bits per heavy atom. The zero-order valence-corrected chi connectivity index (χ0v) is 26.4. The van der Waals surface area contributed by atoms with Crippen LogP contribution in [0.3, 0.4) is 0 Å². The van der Waals surface area contributed by atoms with Crippen LogP contribution < -0.4 is 10.2 Å². The Bertz CT molecular complexity index is 1720. The zero-order chi connectivity index (χ0) is 31.1. The molecule has 1 atom stereocenters. The molecule has 0 radical (unpaired) electrons. The van der Waals surface area contributed by atoms with E-state index in [1.165, 1.54) is 16.2 Å². The summed E-state index contributed by atoms with van der Waals surface area (Å²) in [5, 5.41) is 18.4. The number of rotatable bonds is 4. The molecule has 0 bridgehead atoms. The molecule has 1 aromatic carbocycles. The van der Waals surface area contributed by atoms with Crippen molar-refractivity contribution in [3.05, 3.63) is 47.1 Å². The second kappa shape index (κ2) is 11.4. The lowest BCUT2D eigenvalue weighted by molar-refractivity contribution is 0.0206. The van der Waals surface area contributed by atoms with E-state index in [1.54, 1.807) is 27.2 Å². The predicted octanol–water partition coefficient (Wildman–Crippen LogP) is 7.01. The maximum atomic E-state index is 13.9. The number of pyridine rings is 1. The van der Waals surface area contributed by atoms with Gasteiger partial charge in [0, 0.05) is 24.7 Å². The quantitative estimate of drug-likeness (QED) is 0.264. The van der Waals surface area contributed by atoms with E-state index in [0.29, 0.717) is 46.9 Å². The second-order valence-electron chi connectivity index (χ2n) is 12.7. The van der Waals surface area contributed by atoms with Gasteiger partial charge < -0.3 is 19.7 Å². The Labute approximate surface area is 255 Å². The third-order valence-corrected chi connectivity index (χ3v) is 7.75. The molecule has 1 N–H and O–H groups in total. The number of hydrogen-bond donors (Lipinski definition) is 1. The van der Waals surface area contributed by atoms with Crippen molar-refractivity contribution >= 4 is 56.4 Å². The highest BCUT2D eigenvalue weighted by atomic mass is 32.1. The molecule has 0 saturated carbocycles. The van der Waals surface area contributed by atoms with E-state index in [0.717, 1.165) is 23.1 Å². The first-order chi connectivity index (χ1) is 20.3. The first kappa shape index (κ1) is 30.1. The van der Waals surface area contributed by atoms with Gasteiger partial charge in [-0.2, -0.15) is 10.4 Å². The number of carbonyl (C=O) groups is 2. The normalized spacial score (nSPS) is 15.8. The molecule has 3 aromatic heterocycles. The lowest BCUT2D eigenvalue weighted by Gasteiger charge is -2.35. The molecule has 5 rings (SSSR count). The molecule has 0 aliphatic carbocycles. The third kappa shape index (κ3) is 6.37. The summed E-state index contributed by atoms with van der Waals surface area (Å²) in [6, 6.07) is 9.54. The van der Waals surface area contributed by atoms with Gasteiger partial charge in [0.15, 0.2) is 0 Å². The molecule has 1 fully saturated rings. The summed E-state index contributed by atoms with van der Waals surface area (Å²) >= 11 is 1.48. The molecule has 0 unspecified atom stereocenters. The lowest BCUT2D eigenvalue weighted by Crippen LogP contribution is -2.47. The van der Waals surface area contributed by atoms with Gasteiger partial charge in [0.1, 0.15) is 28.7 Å². The standard InChI is InChI=1S/C31H37N7O4S/c1-19-26(35-20-9-8-14-36(17-20)28(39)41-30(2,3)4)22(16-32)24-12-13-34-38(24)27(19)37(29(40)42-31(5,6)7)21-10-11-23-25(15-21)43-18-33-23/h10-13,15,18,20,35H,8-9,14,17H2,1-7H3/t20-/m0/s1. The highest BCUT2D eigenvalue weighted by Gasteiger charge is 2.33. The van der Waals surface area contributed by atoms with Gasteiger partial charge in [-0.3, -0.25) is 0 Å². The van der Waals surface area contributed by atoms with Crippen molar-refractivity contribution in [2.45, 2.75) is 78.6 Å². The Morgan fingerprint density at radius 3 is 2.58 bits per heavy atom. The van der Waals surface area contributed by atoms with Crippen LogP contribution >= 0.6 is 11.3 Å². The fourth-order valence-electron chi connectivity index (χ4n) is 5.20. The number of amides is 2. The van der Waals surface area contributed by atoms with Gasteiger partial charge in [-0.15, -0.1) is 11.3 Å². The van der Waals surface area contributed by atoms with Gasteiger partial charge in [-0.05, 0) is 85.6 Å². The van der Waals surface area contributed by atoms with E-state index in [2.05, 4.69) is 21.5 Å². The molecule has 1 aliphatic rings. The van der Waals surface area contributed by atoms with E-state index in [-0.39, 0.29) is 12.1 Å². The number of fused-ring (bicyclic) bond motifs is 2. The summed E-state index contributed by atoms with van der Waals surface area (Å²) in [7, 11) is 0. The third-order valence-electron chi connectivity index (χ3n) is 6.95. The molecular formula is C31H37N7O4S. The van der Waals surface area contributed by atoms with Gasteiger partial charge in [0.25, 0.3) is 0 Å². The summed E-state index contributed by atoms with van der Waals surface area (Å²) in [6.07, 6.45) is 2.23. The number of carbonyl (C=O) groups excluding carboxylic acids is 2. The maximum absolute atomic E-state index is 13.9. The van der Waals surface area contributed by atoms with Crippen molar-refractivity contribution in [3.63, 3.8) is 0 Å². The molecule has 2 amide bonds. The monoisotopic (exact) mass is 603 g/mol. The molecule has 1 aliphatic heterocycles.